The van der Waals surface area contributed by atoms with E-state index in [0.717, 1.165) is 0 Å². The van der Waals surface area contributed by atoms with E-state index in [1.165, 1.54) is 0 Å². The van der Waals surface area contributed by atoms with E-state index < -0.39 is 37.2 Å². The Hall–Kier alpha value is -1.08. The quantitative estimate of drug-likeness (QED) is 0.625. The minimum Gasteiger partial charge on any atom is -0.243 e. The van der Waals surface area contributed by atoms with E-state index in [1.807, 2.05) is 0 Å². The molecule has 84 valence electrons. The van der Waals surface area contributed by atoms with Crippen molar-refractivity contribution < 1.29 is 35.1 Å². The third-order valence-electron chi connectivity index (χ3n) is 0.635. The van der Waals surface area contributed by atoms with Crippen molar-refractivity contribution in [2.24, 2.45) is 0 Å². The van der Waals surface area contributed by atoms with Gasteiger partial charge in [0.2, 0.25) is 0 Å². The minimum absolute atomic E-state index is 0.759. The van der Waals surface area contributed by atoms with E-state index in [-0.39, 0.29) is 0 Å². The average molecular weight is 228 g/mol. The van der Waals surface area contributed by atoms with Crippen LogP contribution in [0.15, 0.2) is 24.1 Å². The van der Waals surface area contributed by atoms with E-state index in [4.69, 9.17) is 0 Å². The summed E-state index contributed by atoms with van der Waals surface area (Å²) in [7, 11) is 0. The van der Waals surface area contributed by atoms with Gasteiger partial charge in [0.1, 0.15) is 13.0 Å². The van der Waals surface area contributed by atoms with Crippen LogP contribution in [0.5, 0.6) is 0 Å². The maximum Gasteiger partial charge on any atom is 0.304 e. The lowest BCUT2D eigenvalue weighted by atomic mass is 10.6. The van der Waals surface area contributed by atoms with Crippen molar-refractivity contribution in [3.05, 3.63) is 24.1 Å². The SMILES string of the molecule is FC=C(F)C(F)F.FCC(F)=C(F)F. The summed E-state index contributed by atoms with van der Waals surface area (Å²) in [5.74, 6) is -4.01. The summed E-state index contributed by atoms with van der Waals surface area (Å²) in [6.45, 7) is -1.72. The molecule has 0 rings (SSSR count). The van der Waals surface area contributed by atoms with Gasteiger partial charge in [0.15, 0.2) is 11.7 Å². The fraction of sp³-hybridized carbons (Fsp3) is 0.333. The minimum atomic E-state index is -3.31. The zero-order valence-corrected chi connectivity index (χ0v) is 6.39. The highest BCUT2D eigenvalue weighted by Crippen LogP contribution is 2.08. The van der Waals surface area contributed by atoms with E-state index >= 15 is 0 Å². The highest BCUT2D eigenvalue weighted by atomic mass is 19.3. The molecular formula is C6H4F8. The normalized spacial score (nSPS) is 10.8. The molecule has 0 amide bonds. The molecule has 0 heterocycles. The molecule has 0 atom stereocenters. The van der Waals surface area contributed by atoms with Crippen LogP contribution >= 0.6 is 0 Å². The summed E-state index contributed by atoms with van der Waals surface area (Å²) in [5, 5.41) is 0. The summed E-state index contributed by atoms with van der Waals surface area (Å²) in [6.07, 6.45) is -6.66. The Morgan fingerprint density at radius 1 is 1.07 bits per heavy atom. The van der Waals surface area contributed by atoms with Crippen LogP contribution in [-0.4, -0.2) is 13.1 Å². The fourth-order valence-corrected chi connectivity index (χ4v) is 0.0981. The first-order chi connectivity index (χ1) is 6.36. The first kappa shape index (κ1) is 15.4. The van der Waals surface area contributed by atoms with E-state index in [2.05, 4.69) is 0 Å². The molecule has 0 aromatic heterocycles. The molecule has 14 heavy (non-hydrogen) atoms. The predicted molar refractivity (Wildman–Crippen MR) is 32.6 cm³/mol. The molecule has 0 bridgehead atoms. The Morgan fingerprint density at radius 3 is 1.50 bits per heavy atom. The van der Waals surface area contributed by atoms with Crippen molar-refractivity contribution >= 4 is 0 Å². The lowest BCUT2D eigenvalue weighted by molar-refractivity contribution is 0.156. The fourth-order valence-electron chi connectivity index (χ4n) is 0.0981. The molecular weight excluding hydrogens is 224 g/mol. The maximum absolute atomic E-state index is 11.0. The molecule has 0 aliphatic heterocycles. The molecule has 0 unspecified atom stereocenters. The average Bonchev–Trinajstić information content (AvgIpc) is 2.15. The molecule has 8 heteroatoms. The Morgan fingerprint density at radius 2 is 1.50 bits per heavy atom. The maximum atomic E-state index is 11.0. The highest BCUT2D eigenvalue weighted by Gasteiger charge is 2.08. The third kappa shape index (κ3) is 9.01. The summed E-state index contributed by atoms with van der Waals surface area (Å²) < 4.78 is 86.2. The van der Waals surface area contributed by atoms with E-state index in [9.17, 15) is 35.1 Å². The highest BCUT2D eigenvalue weighted by molar-refractivity contribution is 4.90. The van der Waals surface area contributed by atoms with Gasteiger partial charge in [0.25, 0.3) is 6.43 Å². The van der Waals surface area contributed by atoms with Gasteiger partial charge in [-0.15, -0.1) is 0 Å². The van der Waals surface area contributed by atoms with Crippen molar-refractivity contribution in [3.63, 3.8) is 0 Å². The molecule has 0 radical (unpaired) electrons. The topological polar surface area (TPSA) is 0 Å². The smallest absolute Gasteiger partial charge is 0.243 e. The Bertz CT molecular complexity index is 202. The van der Waals surface area contributed by atoms with Gasteiger partial charge in [0, 0.05) is 0 Å². The van der Waals surface area contributed by atoms with Gasteiger partial charge in [-0.05, 0) is 0 Å². The van der Waals surface area contributed by atoms with Crippen LogP contribution in [0.3, 0.4) is 0 Å². The second-order valence-electron chi connectivity index (χ2n) is 1.59. The van der Waals surface area contributed by atoms with E-state index in [1.54, 1.807) is 0 Å². The number of hydrogen-bond donors (Lipinski definition) is 0. The van der Waals surface area contributed by atoms with Crippen molar-refractivity contribution in [1.29, 1.82) is 0 Å². The molecule has 0 saturated heterocycles. The van der Waals surface area contributed by atoms with Crippen LogP contribution in [0.2, 0.25) is 0 Å². The van der Waals surface area contributed by atoms with Crippen LogP contribution in [0.25, 0.3) is 0 Å². The van der Waals surface area contributed by atoms with Crippen LogP contribution in [0.1, 0.15) is 0 Å². The standard InChI is InChI=1S/2C3H2F4/c2*4-1-2(5)3(6)7/h1H2;1,3H. The lowest BCUT2D eigenvalue weighted by Crippen LogP contribution is -1.87. The Balaban J connectivity index is 0. The van der Waals surface area contributed by atoms with Crippen molar-refractivity contribution in [2.45, 2.75) is 6.43 Å². The van der Waals surface area contributed by atoms with Gasteiger partial charge in [-0.1, -0.05) is 0 Å². The van der Waals surface area contributed by atoms with Gasteiger partial charge in [-0.25, -0.2) is 26.3 Å². The monoisotopic (exact) mass is 228 g/mol. The largest absolute Gasteiger partial charge is 0.304 e. The van der Waals surface area contributed by atoms with Crippen LogP contribution < -0.4 is 0 Å². The van der Waals surface area contributed by atoms with Gasteiger partial charge in [-0.2, -0.15) is 8.78 Å². The van der Waals surface area contributed by atoms with Crippen molar-refractivity contribution in [1.82, 2.24) is 0 Å². The van der Waals surface area contributed by atoms with Gasteiger partial charge in [0.05, 0.1) is 0 Å². The molecule has 0 saturated carbocycles. The zero-order chi connectivity index (χ0) is 11.7. The molecule has 0 fully saturated rings. The molecule has 0 aliphatic carbocycles. The van der Waals surface area contributed by atoms with E-state index in [0.29, 0.717) is 0 Å². The molecule has 0 aromatic carbocycles. The third-order valence-corrected chi connectivity index (χ3v) is 0.635. The van der Waals surface area contributed by atoms with Crippen LogP contribution in [0.4, 0.5) is 35.1 Å². The number of halogens is 8. The second-order valence-corrected chi connectivity index (χ2v) is 1.59. The van der Waals surface area contributed by atoms with Crippen LogP contribution in [-0.2, 0) is 0 Å². The van der Waals surface area contributed by atoms with Crippen LogP contribution in [0, 0.1) is 0 Å². The first-order valence-electron chi connectivity index (χ1n) is 2.86. The second kappa shape index (κ2) is 8.52. The Labute approximate surface area is 73.5 Å². The van der Waals surface area contributed by atoms with Crippen molar-refractivity contribution in [3.8, 4) is 0 Å². The van der Waals surface area contributed by atoms with Gasteiger partial charge in [-0.3, -0.25) is 0 Å². The molecule has 0 nitrogen and oxygen atoms in total. The number of rotatable bonds is 2. The Kier molecular flexibility index (Phi) is 9.36. The summed E-state index contributed by atoms with van der Waals surface area (Å²) in [4.78, 5) is 0. The molecule has 0 aliphatic rings. The molecule has 0 aromatic rings. The molecule has 0 N–H and O–H groups in total. The van der Waals surface area contributed by atoms with Gasteiger partial charge < -0.3 is 0 Å². The first-order valence-corrected chi connectivity index (χ1v) is 2.86. The lowest BCUT2D eigenvalue weighted by Gasteiger charge is -1.85. The predicted octanol–water partition coefficient (Wildman–Crippen LogP) is 4.07. The summed E-state index contributed by atoms with van der Waals surface area (Å²) in [5.41, 5.74) is 0. The van der Waals surface area contributed by atoms with Crippen molar-refractivity contribution in [2.75, 3.05) is 6.67 Å². The number of alkyl halides is 3. The van der Waals surface area contributed by atoms with Gasteiger partial charge >= 0.3 is 6.08 Å². The molecule has 0 spiro atoms. The number of allylic oxidation sites excluding steroid dienone is 2. The summed E-state index contributed by atoms with van der Waals surface area (Å²) in [6, 6.07) is 0. The zero-order valence-electron chi connectivity index (χ0n) is 6.39. The summed E-state index contributed by atoms with van der Waals surface area (Å²) >= 11 is 0. The number of hydrogen-bond acceptors (Lipinski definition) is 0.